The van der Waals surface area contributed by atoms with Crippen LogP contribution in [0, 0.1) is 0 Å². The molecule has 3 rings (SSSR count). The molecule has 1 heterocycles. The number of halogens is 1. The number of ether oxygens (including phenoxy) is 1. The lowest BCUT2D eigenvalue weighted by atomic mass is 10.2. The molecule has 6 nitrogen and oxygen atoms in total. The zero-order chi connectivity index (χ0) is 19.4. The molecule has 0 aromatic heterocycles. The Hall–Kier alpha value is -2.09. The van der Waals surface area contributed by atoms with Crippen molar-refractivity contribution in [3.63, 3.8) is 0 Å². The molecule has 0 aliphatic carbocycles. The molecule has 0 saturated carbocycles. The molecule has 8 heteroatoms. The minimum absolute atomic E-state index is 0.202. The fourth-order valence-electron chi connectivity index (χ4n) is 2.98. The van der Waals surface area contributed by atoms with Gasteiger partial charge in [-0.25, -0.2) is 8.42 Å². The number of amides is 1. The first kappa shape index (κ1) is 19.7. The van der Waals surface area contributed by atoms with Gasteiger partial charge in [0.2, 0.25) is 10.0 Å². The second kappa shape index (κ2) is 8.29. The number of rotatable bonds is 5. The number of carbonyl (C=O) groups excluding carboxylic acids is 1. The van der Waals surface area contributed by atoms with E-state index in [4.69, 9.17) is 16.3 Å². The third-order valence-electron chi connectivity index (χ3n) is 4.48. The lowest BCUT2D eigenvalue weighted by Crippen LogP contribution is -2.35. The lowest BCUT2D eigenvalue weighted by molar-refractivity contribution is 0.102. The van der Waals surface area contributed by atoms with Gasteiger partial charge in [-0.15, -0.1) is 0 Å². The molecular weight excluding hydrogens is 388 g/mol. The molecule has 2 aromatic rings. The Balaban J connectivity index is 1.73. The molecule has 1 fully saturated rings. The Morgan fingerprint density at radius 3 is 2.33 bits per heavy atom. The van der Waals surface area contributed by atoms with Gasteiger partial charge in [-0.2, -0.15) is 4.31 Å². The molecule has 1 amide bonds. The average Bonchev–Trinajstić information content (AvgIpc) is 2.69. The number of nitrogens with one attached hydrogen (secondary N) is 1. The predicted molar refractivity (Wildman–Crippen MR) is 105 cm³/mol. The summed E-state index contributed by atoms with van der Waals surface area (Å²) in [6, 6.07) is 10.9. The zero-order valence-electron chi connectivity index (χ0n) is 14.9. The first-order valence-corrected chi connectivity index (χ1v) is 10.5. The number of nitrogens with zero attached hydrogens (tertiary/aromatic N) is 1. The van der Waals surface area contributed by atoms with Crippen LogP contribution in [0.25, 0.3) is 0 Å². The molecule has 0 bridgehead atoms. The lowest BCUT2D eigenvalue weighted by Gasteiger charge is -2.25. The Kier molecular flexibility index (Phi) is 6.04. The quantitative estimate of drug-likeness (QED) is 0.816. The molecule has 0 spiro atoms. The molecule has 1 saturated heterocycles. The third kappa shape index (κ3) is 4.43. The van der Waals surface area contributed by atoms with Crippen LogP contribution in [0.1, 0.15) is 29.6 Å². The van der Waals surface area contributed by atoms with Gasteiger partial charge in [0.1, 0.15) is 5.75 Å². The smallest absolute Gasteiger partial charge is 0.255 e. The van der Waals surface area contributed by atoms with Gasteiger partial charge in [0.25, 0.3) is 5.91 Å². The largest absolute Gasteiger partial charge is 0.495 e. The van der Waals surface area contributed by atoms with E-state index in [0.717, 1.165) is 19.3 Å². The Bertz CT molecular complexity index is 923. The van der Waals surface area contributed by atoms with Crippen molar-refractivity contribution in [1.82, 2.24) is 4.31 Å². The Morgan fingerprint density at radius 2 is 1.74 bits per heavy atom. The van der Waals surface area contributed by atoms with E-state index in [1.165, 1.54) is 35.7 Å². The second-order valence-corrected chi connectivity index (χ2v) is 8.64. The van der Waals surface area contributed by atoms with Crippen LogP contribution in [0.15, 0.2) is 47.4 Å². The molecular formula is C19H21ClN2O4S. The highest BCUT2D eigenvalue weighted by molar-refractivity contribution is 7.89. The molecule has 0 unspecified atom stereocenters. The molecule has 0 atom stereocenters. The first-order chi connectivity index (χ1) is 12.9. The van der Waals surface area contributed by atoms with Crippen molar-refractivity contribution in [3.05, 3.63) is 53.1 Å². The van der Waals surface area contributed by atoms with E-state index in [0.29, 0.717) is 35.1 Å². The topological polar surface area (TPSA) is 75.7 Å². The number of hydrogen-bond acceptors (Lipinski definition) is 4. The maximum atomic E-state index is 12.7. The Morgan fingerprint density at radius 1 is 1.07 bits per heavy atom. The third-order valence-corrected chi connectivity index (χ3v) is 6.69. The van der Waals surface area contributed by atoms with Gasteiger partial charge in [-0.1, -0.05) is 18.0 Å². The van der Waals surface area contributed by atoms with Crippen LogP contribution in [-0.4, -0.2) is 38.8 Å². The second-order valence-electron chi connectivity index (χ2n) is 6.29. The summed E-state index contributed by atoms with van der Waals surface area (Å²) in [6.07, 6.45) is 2.81. The summed E-state index contributed by atoms with van der Waals surface area (Å²) < 4.78 is 31.9. The van der Waals surface area contributed by atoms with Crippen molar-refractivity contribution < 1.29 is 17.9 Å². The number of benzene rings is 2. The number of hydrogen-bond donors (Lipinski definition) is 1. The van der Waals surface area contributed by atoms with Crippen LogP contribution < -0.4 is 10.1 Å². The summed E-state index contributed by atoms with van der Waals surface area (Å²) in [5.74, 6) is 0.167. The van der Waals surface area contributed by atoms with Crippen molar-refractivity contribution in [2.75, 3.05) is 25.5 Å². The van der Waals surface area contributed by atoms with E-state index in [9.17, 15) is 13.2 Å². The van der Waals surface area contributed by atoms with Gasteiger partial charge in [-0.3, -0.25) is 4.79 Å². The minimum Gasteiger partial charge on any atom is -0.495 e. The number of piperidine rings is 1. The highest BCUT2D eigenvalue weighted by Gasteiger charge is 2.25. The fraction of sp³-hybridized carbons (Fsp3) is 0.316. The van der Waals surface area contributed by atoms with E-state index in [2.05, 4.69) is 5.32 Å². The van der Waals surface area contributed by atoms with Crippen LogP contribution >= 0.6 is 11.6 Å². The van der Waals surface area contributed by atoms with Gasteiger partial charge in [0.15, 0.2) is 0 Å². The van der Waals surface area contributed by atoms with Gasteiger partial charge in [-0.05, 0) is 55.3 Å². The fourth-order valence-corrected chi connectivity index (χ4v) is 4.75. The predicted octanol–water partition coefficient (Wildman–Crippen LogP) is 3.78. The van der Waals surface area contributed by atoms with Crippen molar-refractivity contribution in [2.45, 2.75) is 24.2 Å². The van der Waals surface area contributed by atoms with Crippen LogP contribution in [0.3, 0.4) is 0 Å². The molecule has 0 radical (unpaired) electrons. The number of carbonyl (C=O) groups is 1. The maximum absolute atomic E-state index is 12.7. The maximum Gasteiger partial charge on any atom is 0.255 e. The molecule has 1 aliphatic heterocycles. The highest BCUT2D eigenvalue weighted by Crippen LogP contribution is 2.27. The molecule has 144 valence electrons. The van der Waals surface area contributed by atoms with E-state index in [1.807, 2.05) is 0 Å². The summed E-state index contributed by atoms with van der Waals surface area (Å²) in [5, 5.41) is 3.12. The van der Waals surface area contributed by atoms with Crippen molar-refractivity contribution in [3.8, 4) is 5.75 Å². The summed E-state index contributed by atoms with van der Waals surface area (Å²) in [4.78, 5) is 12.6. The number of anilines is 1. The molecule has 27 heavy (non-hydrogen) atoms. The SMILES string of the molecule is COc1ccc(NC(=O)c2ccc(S(=O)(=O)N3CCCCC3)cc2)cc1Cl. The van der Waals surface area contributed by atoms with E-state index in [1.54, 1.807) is 18.2 Å². The van der Waals surface area contributed by atoms with E-state index in [-0.39, 0.29) is 10.8 Å². The summed E-state index contributed by atoms with van der Waals surface area (Å²) in [5.41, 5.74) is 0.885. The van der Waals surface area contributed by atoms with Crippen molar-refractivity contribution >= 4 is 33.2 Å². The van der Waals surface area contributed by atoms with E-state index >= 15 is 0 Å². The van der Waals surface area contributed by atoms with Gasteiger partial charge >= 0.3 is 0 Å². The summed E-state index contributed by atoms with van der Waals surface area (Å²) >= 11 is 6.06. The highest BCUT2D eigenvalue weighted by atomic mass is 35.5. The Labute approximate surface area is 164 Å². The average molecular weight is 409 g/mol. The van der Waals surface area contributed by atoms with Crippen LogP contribution in [-0.2, 0) is 10.0 Å². The minimum atomic E-state index is -3.51. The van der Waals surface area contributed by atoms with Crippen LogP contribution in [0.4, 0.5) is 5.69 Å². The van der Waals surface area contributed by atoms with Gasteiger partial charge in [0.05, 0.1) is 17.0 Å². The van der Waals surface area contributed by atoms with Gasteiger partial charge < -0.3 is 10.1 Å². The summed E-state index contributed by atoms with van der Waals surface area (Å²) in [6.45, 7) is 1.09. The first-order valence-electron chi connectivity index (χ1n) is 8.67. The molecule has 1 N–H and O–H groups in total. The van der Waals surface area contributed by atoms with Crippen LogP contribution in [0.5, 0.6) is 5.75 Å². The zero-order valence-corrected chi connectivity index (χ0v) is 16.5. The molecule has 1 aliphatic rings. The number of sulfonamides is 1. The van der Waals surface area contributed by atoms with Crippen molar-refractivity contribution in [2.24, 2.45) is 0 Å². The van der Waals surface area contributed by atoms with Crippen LogP contribution in [0.2, 0.25) is 5.02 Å². The summed E-state index contributed by atoms with van der Waals surface area (Å²) in [7, 11) is -1.99. The molecule has 2 aromatic carbocycles. The van der Waals surface area contributed by atoms with E-state index < -0.39 is 10.0 Å². The normalized spacial score (nSPS) is 15.3. The number of methoxy groups -OCH3 is 1. The van der Waals surface area contributed by atoms with Gasteiger partial charge in [0, 0.05) is 24.3 Å². The monoisotopic (exact) mass is 408 g/mol. The standard InChI is InChI=1S/C19H21ClN2O4S/c1-26-18-10-7-15(13-17(18)20)21-19(23)14-5-8-16(9-6-14)27(24,25)22-11-3-2-4-12-22/h5-10,13H,2-4,11-12H2,1H3,(H,21,23). The van der Waals surface area contributed by atoms with Crippen molar-refractivity contribution in [1.29, 1.82) is 0 Å².